The second-order valence-corrected chi connectivity index (χ2v) is 8.52. The van der Waals surface area contributed by atoms with Crippen molar-refractivity contribution >= 4 is 23.4 Å². The molecular formula is C26H24N2O5S. The number of fused-ring (bicyclic) bond motifs is 1. The molecule has 174 valence electrons. The van der Waals surface area contributed by atoms with Gasteiger partial charge in [0.1, 0.15) is 18.1 Å². The second kappa shape index (κ2) is 9.93. The number of carbonyl (C=O) groups is 1. The average molecular weight is 477 g/mol. The number of hydrogen-bond acceptors (Lipinski definition) is 7. The van der Waals surface area contributed by atoms with Crippen molar-refractivity contribution in [2.75, 3.05) is 20.8 Å². The molecule has 3 aromatic rings. The molecule has 1 atom stereocenters. The van der Waals surface area contributed by atoms with E-state index in [0.29, 0.717) is 33.0 Å². The maximum Gasteiger partial charge on any atom is 0.338 e. The van der Waals surface area contributed by atoms with Crippen molar-refractivity contribution in [1.29, 1.82) is 0 Å². The first-order valence-corrected chi connectivity index (χ1v) is 11.4. The molecule has 0 saturated heterocycles. The molecule has 8 heteroatoms. The number of ether oxygens (including phenoxy) is 3. The first-order valence-electron chi connectivity index (χ1n) is 10.6. The molecule has 0 saturated carbocycles. The van der Waals surface area contributed by atoms with E-state index < -0.39 is 12.0 Å². The summed E-state index contributed by atoms with van der Waals surface area (Å²) in [6.07, 6.45) is 3.49. The average Bonchev–Trinajstić information content (AvgIpc) is 3.16. The summed E-state index contributed by atoms with van der Waals surface area (Å²) in [6.45, 7) is 5.81. The van der Waals surface area contributed by atoms with E-state index in [1.165, 1.54) is 18.4 Å². The van der Waals surface area contributed by atoms with Crippen LogP contribution in [0.3, 0.4) is 0 Å². The molecular weight excluding hydrogens is 452 g/mol. The molecule has 0 aliphatic carbocycles. The summed E-state index contributed by atoms with van der Waals surface area (Å²) >= 11 is 1.28. The number of benzene rings is 2. The molecule has 0 fully saturated rings. The van der Waals surface area contributed by atoms with E-state index in [2.05, 4.69) is 11.6 Å². The molecule has 1 aliphatic heterocycles. The van der Waals surface area contributed by atoms with E-state index in [1.807, 2.05) is 42.5 Å². The van der Waals surface area contributed by atoms with E-state index in [-0.39, 0.29) is 5.56 Å². The molecule has 0 spiro atoms. The SMILES string of the molecule is C=CCOc1ccc(C=c2sc3n(c2=O)C(c2ccc(OC)cc2)C(C(=O)OC)=C(C)N=3)cc1. The molecule has 0 radical (unpaired) electrons. The summed E-state index contributed by atoms with van der Waals surface area (Å²) in [5.74, 6) is 0.875. The van der Waals surface area contributed by atoms with Crippen molar-refractivity contribution in [2.45, 2.75) is 13.0 Å². The number of esters is 1. The molecule has 7 nitrogen and oxygen atoms in total. The Hall–Kier alpha value is -3.91. The Balaban J connectivity index is 1.84. The lowest BCUT2D eigenvalue weighted by atomic mass is 9.96. The molecule has 0 bridgehead atoms. The standard InChI is InChI=1S/C26H24N2O5S/c1-5-14-33-20-10-6-17(7-11-20)15-21-24(29)28-23(18-8-12-19(31-3)13-9-18)22(25(30)32-4)16(2)27-26(28)34-21/h5-13,15,23H,1,14H2,2-4H3. The van der Waals surface area contributed by atoms with Crippen LogP contribution in [0, 0.1) is 0 Å². The Bertz CT molecular complexity index is 1430. The Kier molecular flexibility index (Phi) is 6.79. The minimum absolute atomic E-state index is 0.231. The fourth-order valence-electron chi connectivity index (χ4n) is 3.76. The summed E-state index contributed by atoms with van der Waals surface area (Å²) in [7, 11) is 2.90. The number of thiazole rings is 1. The van der Waals surface area contributed by atoms with Crippen molar-refractivity contribution in [1.82, 2.24) is 4.57 Å². The highest BCUT2D eigenvalue weighted by Crippen LogP contribution is 2.31. The zero-order valence-corrected chi connectivity index (χ0v) is 19.9. The van der Waals surface area contributed by atoms with Crippen LogP contribution < -0.4 is 24.4 Å². The van der Waals surface area contributed by atoms with Crippen LogP contribution in [0.25, 0.3) is 6.08 Å². The first-order chi connectivity index (χ1) is 16.5. The number of rotatable bonds is 7. The number of aromatic nitrogens is 1. The van der Waals surface area contributed by atoms with Crippen molar-refractivity contribution in [2.24, 2.45) is 4.99 Å². The van der Waals surface area contributed by atoms with Gasteiger partial charge in [-0.3, -0.25) is 9.36 Å². The van der Waals surface area contributed by atoms with Gasteiger partial charge in [0.25, 0.3) is 5.56 Å². The fourth-order valence-corrected chi connectivity index (χ4v) is 4.81. The van der Waals surface area contributed by atoms with Crippen molar-refractivity contribution < 1.29 is 19.0 Å². The number of allylic oxidation sites excluding steroid dienone is 1. The van der Waals surface area contributed by atoms with E-state index in [4.69, 9.17) is 14.2 Å². The predicted octanol–water partition coefficient (Wildman–Crippen LogP) is 2.98. The van der Waals surface area contributed by atoms with Crippen LogP contribution in [0.4, 0.5) is 0 Å². The maximum absolute atomic E-state index is 13.5. The molecule has 2 heterocycles. The van der Waals surface area contributed by atoms with Gasteiger partial charge in [0, 0.05) is 0 Å². The van der Waals surface area contributed by atoms with Crippen molar-refractivity contribution in [3.05, 3.63) is 103 Å². The highest BCUT2D eigenvalue weighted by Gasteiger charge is 2.33. The van der Waals surface area contributed by atoms with Gasteiger partial charge in [-0.25, -0.2) is 9.79 Å². The lowest BCUT2D eigenvalue weighted by Crippen LogP contribution is -2.39. The smallest absolute Gasteiger partial charge is 0.338 e. The van der Waals surface area contributed by atoms with Crippen molar-refractivity contribution in [3.63, 3.8) is 0 Å². The van der Waals surface area contributed by atoms with Gasteiger partial charge in [-0.1, -0.05) is 48.3 Å². The Morgan fingerprint density at radius 2 is 1.79 bits per heavy atom. The fraction of sp³-hybridized carbons (Fsp3) is 0.192. The summed E-state index contributed by atoms with van der Waals surface area (Å²) in [4.78, 5) is 31.3. The third kappa shape index (κ3) is 4.45. The maximum atomic E-state index is 13.5. The Morgan fingerprint density at radius 3 is 2.41 bits per heavy atom. The highest BCUT2D eigenvalue weighted by molar-refractivity contribution is 7.07. The number of nitrogens with zero attached hydrogens (tertiary/aromatic N) is 2. The predicted molar refractivity (Wildman–Crippen MR) is 131 cm³/mol. The van der Waals surface area contributed by atoms with Gasteiger partial charge in [0.05, 0.1) is 36.1 Å². The molecule has 4 rings (SSSR count). The quantitative estimate of drug-likeness (QED) is 0.387. The lowest BCUT2D eigenvalue weighted by Gasteiger charge is -2.24. The van der Waals surface area contributed by atoms with Crippen LogP contribution in [0.5, 0.6) is 11.5 Å². The third-order valence-corrected chi connectivity index (χ3v) is 6.39. The van der Waals surface area contributed by atoms with Crippen LogP contribution in [0.1, 0.15) is 24.1 Å². The molecule has 1 aromatic heterocycles. The lowest BCUT2D eigenvalue weighted by molar-refractivity contribution is -0.136. The van der Waals surface area contributed by atoms with E-state index in [1.54, 1.807) is 36.8 Å². The van der Waals surface area contributed by atoms with Gasteiger partial charge < -0.3 is 14.2 Å². The van der Waals surface area contributed by atoms with Crippen LogP contribution in [0.15, 0.2) is 82.2 Å². The topological polar surface area (TPSA) is 79.1 Å². The molecule has 0 amide bonds. The largest absolute Gasteiger partial charge is 0.497 e. The second-order valence-electron chi connectivity index (χ2n) is 7.52. The Labute approximate surface area is 200 Å². The van der Waals surface area contributed by atoms with E-state index >= 15 is 0 Å². The third-order valence-electron chi connectivity index (χ3n) is 5.40. The molecule has 34 heavy (non-hydrogen) atoms. The van der Waals surface area contributed by atoms with Crippen LogP contribution >= 0.6 is 11.3 Å². The van der Waals surface area contributed by atoms with Gasteiger partial charge in [-0.15, -0.1) is 0 Å². The van der Waals surface area contributed by atoms with Crippen LogP contribution in [-0.2, 0) is 9.53 Å². The number of hydrogen-bond donors (Lipinski definition) is 0. The monoisotopic (exact) mass is 476 g/mol. The molecule has 0 N–H and O–H groups in total. The molecule has 1 aliphatic rings. The normalized spacial score (nSPS) is 15.4. The van der Waals surface area contributed by atoms with E-state index in [0.717, 1.165) is 16.9 Å². The number of methoxy groups -OCH3 is 2. The van der Waals surface area contributed by atoms with Gasteiger partial charge in [0.15, 0.2) is 4.80 Å². The van der Waals surface area contributed by atoms with Crippen LogP contribution in [-0.4, -0.2) is 31.4 Å². The van der Waals surface area contributed by atoms with E-state index in [9.17, 15) is 9.59 Å². The molecule has 2 aromatic carbocycles. The minimum Gasteiger partial charge on any atom is -0.497 e. The number of carbonyl (C=O) groups excluding carboxylic acids is 1. The minimum atomic E-state index is -0.661. The van der Waals surface area contributed by atoms with Gasteiger partial charge >= 0.3 is 5.97 Å². The van der Waals surface area contributed by atoms with Crippen LogP contribution in [0.2, 0.25) is 0 Å². The molecule has 1 unspecified atom stereocenters. The van der Waals surface area contributed by atoms with Gasteiger partial charge in [-0.05, 0) is 48.4 Å². The highest BCUT2D eigenvalue weighted by atomic mass is 32.1. The summed E-state index contributed by atoms with van der Waals surface area (Å²) in [5, 5.41) is 0. The van der Waals surface area contributed by atoms with Crippen molar-refractivity contribution in [3.8, 4) is 11.5 Å². The summed E-state index contributed by atoms with van der Waals surface area (Å²) in [5.41, 5.74) is 2.22. The zero-order valence-electron chi connectivity index (χ0n) is 19.1. The van der Waals surface area contributed by atoms with Gasteiger partial charge in [-0.2, -0.15) is 0 Å². The first kappa shape index (κ1) is 23.3. The van der Waals surface area contributed by atoms with Gasteiger partial charge in [0.2, 0.25) is 0 Å². The Morgan fingerprint density at radius 1 is 1.12 bits per heavy atom. The zero-order chi connectivity index (χ0) is 24.2. The summed E-state index contributed by atoms with van der Waals surface area (Å²) < 4.78 is 17.9. The summed E-state index contributed by atoms with van der Waals surface area (Å²) in [6, 6.07) is 14.0.